The second-order valence-electron chi connectivity index (χ2n) is 7.74. The van der Waals surface area contributed by atoms with E-state index in [2.05, 4.69) is 5.32 Å². The van der Waals surface area contributed by atoms with E-state index in [1.165, 1.54) is 13.2 Å². The summed E-state index contributed by atoms with van der Waals surface area (Å²) < 4.78 is 23.5. The zero-order chi connectivity index (χ0) is 24.9. The van der Waals surface area contributed by atoms with Crippen LogP contribution in [0.4, 0.5) is 5.69 Å². The van der Waals surface area contributed by atoms with Crippen LogP contribution in [0.5, 0.6) is 23.0 Å². The molecule has 0 unspecified atom stereocenters. The molecule has 0 aliphatic rings. The Hall–Kier alpha value is -4.46. The van der Waals surface area contributed by atoms with Gasteiger partial charge in [0.05, 0.1) is 39.8 Å². The highest BCUT2D eigenvalue weighted by Gasteiger charge is 2.13. The molecular weight excluding hydrogens is 446 g/mol. The van der Waals surface area contributed by atoms with Crippen molar-refractivity contribution in [2.24, 2.45) is 0 Å². The lowest BCUT2D eigenvalue weighted by Gasteiger charge is -2.13. The van der Waals surface area contributed by atoms with Crippen LogP contribution in [0.1, 0.15) is 11.1 Å². The largest absolute Gasteiger partial charge is 0.495 e. The number of methoxy groups -OCH3 is 4. The minimum absolute atomic E-state index is 0.319. The molecule has 2 aromatic carbocycles. The lowest BCUT2D eigenvalue weighted by molar-refractivity contribution is -0.111. The van der Waals surface area contributed by atoms with Crippen molar-refractivity contribution in [1.82, 2.24) is 9.38 Å². The summed E-state index contributed by atoms with van der Waals surface area (Å²) in [5.41, 5.74) is 4.88. The maximum atomic E-state index is 12.8. The first-order chi connectivity index (χ1) is 17.0. The molecule has 0 bridgehead atoms. The Morgan fingerprint density at radius 1 is 0.943 bits per heavy atom. The van der Waals surface area contributed by atoms with E-state index in [0.717, 1.165) is 28.0 Å². The smallest absolute Gasteiger partial charge is 0.248 e. The van der Waals surface area contributed by atoms with Crippen molar-refractivity contribution in [3.8, 4) is 34.3 Å². The third-order valence-electron chi connectivity index (χ3n) is 5.55. The predicted octanol–water partition coefficient (Wildman–Crippen LogP) is 5.00. The minimum atomic E-state index is -0.319. The van der Waals surface area contributed by atoms with Crippen LogP contribution >= 0.6 is 0 Å². The van der Waals surface area contributed by atoms with Gasteiger partial charge in [0, 0.05) is 24.0 Å². The number of rotatable bonds is 8. The fourth-order valence-corrected chi connectivity index (χ4v) is 3.80. The number of benzene rings is 2. The summed E-state index contributed by atoms with van der Waals surface area (Å²) in [6.45, 7) is 2.02. The first-order valence-electron chi connectivity index (χ1n) is 10.9. The van der Waals surface area contributed by atoms with Crippen molar-refractivity contribution < 1.29 is 23.7 Å². The molecule has 0 spiro atoms. The molecule has 8 nitrogen and oxygen atoms in total. The molecule has 8 heteroatoms. The highest BCUT2D eigenvalue weighted by atomic mass is 16.5. The van der Waals surface area contributed by atoms with E-state index in [-0.39, 0.29) is 5.91 Å². The SMILES string of the molecule is COc1ccc(-c2cn3cccc(C)c3n2)cc1NC(=O)/C=C/c1cc(OC)c(OC)c(OC)c1. The molecule has 0 saturated heterocycles. The molecule has 1 N–H and O–H groups in total. The third-order valence-corrected chi connectivity index (χ3v) is 5.55. The Labute approximate surface area is 203 Å². The first-order valence-corrected chi connectivity index (χ1v) is 10.9. The van der Waals surface area contributed by atoms with E-state index >= 15 is 0 Å². The molecule has 2 heterocycles. The average molecular weight is 474 g/mol. The number of hydrogen-bond acceptors (Lipinski definition) is 6. The monoisotopic (exact) mass is 473 g/mol. The Balaban J connectivity index is 1.59. The van der Waals surface area contributed by atoms with Crippen molar-refractivity contribution in [2.75, 3.05) is 33.8 Å². The Morgan fingerprint density at radius 2 is 1.66 bits per heavy atom. The van der Waals surface area contributed by atoms with Crippen molar-refractivity contribution >= 4 is 23.3 Å². The maximum Gasteiger partial charge on any atom is 0.248 e. The number of nitrogens with zero attached hydrogens (tertiary/aromatic N) is 2. The third kappa shape index (κ3) is 4.91. The summed E-state index contributed by atoms with van der Waals surface area (Å²) in [6, 6.07) is 13.1. The Bertz CT molecular complexity index is 1380. The summed E-state index contributed by atoms with van der Waals surface area (Å²) in [4.78, 5) is 17.5. The van der Waals surface area contributed by atoms with Gasteiger partial charge in [-0.2, -0.15) is 0 Å². The van der Waals surface area contributed by atoms with Crippen molar-refractivity contribution in [3.63, 3.8) is 0 Å². The fourth-order valence-electron chi connectivity index (χ4n) is 3.80. The minimum Gasteiger partial charge on any atom is -0.495 e. The molecular formula is C27H27N3O5. The van der Waals surface area contributed by atoms with Gasteiger partial charge in [-0.15, -0.1) is 0 Å². The number of nitrogens with one attached hydrogen (secondary N) is 1. The summed E-state index contributed by atoms with van der Waals surface area (Å²) in [6.07, 6.45) is 7.02. The lowest BCUT2D eigenvalue weighted by Crippen LogP contribution is -2.09. The summed E-state index contributed by atoms with van der Waals surface area (Å²) in [5.74, 6) is 1.72. The van der Waals surface area contributed by atoms with Crippen LogP contribution in [-0.4, -0.2) is 43.7 Å². The van der Waals surface area contributed by atoms with Gasteiger partial charge < -0.3 is 28.7 Å². The zero-order valence-corrected chi connectivity index (χ0v) is 20.3. The lowest BCUT2D eigenvalue weighted by atomic mass is 10.1. The van der Waals surface area contributed by atoms with E-state index < -0.39 is 0 Å². The molecule has 1 amide bonds. The molecule has 0 fully saturated rings. The first kappa shape index (κ1) is 23.7. The topological polar surface area (TPSA) is 83.3 Å². The number of anilines is 1. The summed E-state index contributed by atoms with van der Waals surface area (Å²) >= 11 is 0. The number of fused-ring (bicyclic) bond motifs is 1. The molecule has 0 radical (unpaired) electrons. The van der Waals surface area contributed by atoms with Crippen molar-refractivity contribution in [2.45, 2.75) is 6.92 Å². The molecule has 0 saturated carbocycles. The zero-order valence-electron chi connectivity index (χ0n) is 20.3. The molecule has 0 aliphatic heterocycles. The van der Waals surface area contributed by atoms with E-state index in [0.29, 0.717) is 28.7 Å². The van der Waals surface area contributed by atoms with E-state index in [1.54, 1.807) is 39.5 Å². The van der Waals surface area contributed by atoms with Crippen LogP contribution in [0, 0.1) is 6.92 Å². The molecule has 0 atom stereocenters. The average Bonchev–Trinajstić information content (AvgIpc) is 3.32. The molecule has 4 rings (SSSR count). The van der Waals surface area contributed by atoms with Crippen LogP contribution in [0.15, 0.2) is 60.9 Å². The number of carbonyl (C=O) groups is 1. The van der Waals surface area contributed by atoms with Crippen LogP contribution in [0.25, 0.3) is 23.0 Å². The summed E-state index contributed by atoms with van der Waals surface area (Å²) in [7, 11) is 6.19. The number of aromatic nitrogens is 2. The molecule has 2 aromatic heterocycles. The standard InChI is InChI=1S/C27H27N3O5/c1-17-7-6-12-30-16-21(29-27(17)30)19-9-10-22(32-2)20(15-19)28-25(31)11-8-18-13-23(33-3)26(35-5)24(14-18)34-4/h6-16H,1-5H3,(H,28,31)/b11-8+. The van der Waals surface area contributed by atoms with Gasteiger partial charge in [-0.05, 0) is 60.5 Å². The number of aryl methyl sites for hydroxylation is 1. The van der Waals surface area contributed by atoms with Gasteiger partial charge in [-0.3, -0.25) is 4.79 Å². The van der Waals surface area contributed by atoms with E-state index in [9.17, 15) is 4.79 Å². The predicted molar refractivity (Wildman–Crippen MR) is 136 cm³/mol. The fraction of sp³-hybridized carbons (Fsp3) is 0.185. The van der Waals surface area contributed by atoms with Crippen molar-refractivity contribution in [1.29, 1.82) is 0 Å². The maximum absolute atomic E-state index is 12.8. The van der Waals surface area contributed by atoms with E-state index in [4.69, 9.17) is 23.9 Å². The summed E-state index contributed by atoms with van der Waals surface area (Å²) in [5, 5.41) is 2.89. The molecule has 180 valence electrons. The normalized spacial score (nSPS) is 11.0. The van der Waals surface area contributed by atoms with Gasteiger partial charge in [-0.25, -0.2) is 4.98 Å². The number of pyridine rings is 1. The van der Waals surface area contributed by atoms with Crippen LogP contribution in [0.3, 0.4) is 0 Å². The van der Waals surface area contributed by atoms with Crippen molar-refractivity contribution in [3.05, 3.63) is 72.1 Å². The van der Waals surface area contributed by atoms with Gasteiger partial charge in [0.2, 0.25) is 11.7 Å². The second-order valence-corrected chi connectivity index (χ2v) is 7.74. The Morgan fingerprint density at radius 3 is 2.29 bits per heavy atom. The second kappa shape index (κ2) is 10.2. The van der Waals surface area contributed by atoms with Gasteiger partial charge >= 0.3 is 0 Å². The molecule has 4 aromatic rings. The highest BCUT2D eigenvalue weighted by molar-refractivity contribution is 6.03. The Kier molecular flexibility index (Phi) is 6.91. The van der Waals surface area contributed by atoms with Gasteiger partial charge in [0.15, 0.2) is 11.5 Å². The number of carbonyl (C=O) groups excluding carboxylic acids is 1. The number of hydrogen-bond donors (Lipinski definition) is 1. The number of imidazole rings is 1. The van der Waals surface area contributed by atoms with Gasteiger partial charge in [-0.1, -0.05) is 6.07 Å². The number of ether oxygens (including phenoxy) is 4. The van der Waals surface area contributed by atoms with E-state index in [1.807, 2.05) is 54.0 Å². The molecule has 0 aliphatic carbocycles. The highest BCUT2D eigenvalue weighted by Crippen LogP contribution is 2.38. The van der Waals surface area contributed by atoms with Gasteiger partial charge in [0.1, 0.15) is 11.4 Å². The molecule has 35 heavy (non-hydrogen) atoms. The van der Waals surface area contributed by atoms with Gasteiger partial charge in [0.25, 0.3) is 0 Å². The quantitative estimate of drug-likeness (QED) is 0.363. The number of amides is 1. The van der Waals surface area contributed by atoms with Crippen LogP contribution in [-0.2, 0) is 4.79 Å². The van der Waals surface area contributed by atoms with Crippen LogP contribution in [0.2, 0.25) is 0 Å². The van der Waals surface area contributed by atoms with Crippen LogP contribution < -0.4 is 24.3 Å².